The van der Waals surface area contributed by atoms with Crippen molar-refractivity contribution < 1.29 is 14.6 Å². The van der Waals surface area contributed by atoms with Gasteiger partial charge in [-0.05, 0) is 38.4 Å². The summed E-state index contributed by atoms with van der Waals surface area (Å²) in [5, 5.41) is 15.9. The highest BCUT2D eigenvalue weighted by Gasteiger charge is 2.25. The van der Waals surface area contributed by atoms with Gasteiger partial charge in [0.1, 0.15) is 11.5 Å². The normalized spacial score (nSPS) is 22.8. The van der Waals surface area contributed by atoms with Crippen LogP contribution in [0.5, 0.6) is 11.5 Å². The van der Waals surface area contributed by atoms with Gasteiger partial charge in [0.15, 0.2) is 0 Å². The Kier molecular flexibility index (Phi) is 4.27. The van der Waals surface area contributed by atoms with Gasteiger partial charge in [-0.2, -0.15) is 0 Å². The largest absolute Gasteiger partial charge is 0.506 e. The SMILES string of the molecule is COc1ccc(NC(=O)C2CCNC(C)C2)c(O)c1. The zero-order valence-corrected chi connectivity index (χ0v) is 11.3. The number of benzene rings is 1. The van der Waals surface area contributed by atoms with Gasteiger partial charge in [-0.1, -0.05) is 0 Å². The Labute approximate surface area is 113 Å². The van der Waals surface area contributed by atoms with E-state index in [4.69, 9.17) is 4.74 Å². The van der Waals surface area contributed by atoms with Crippen molar-refractivity contribution in [3.63, 3.8) is 0 Å². The standard InChI is InChI=1S/C14H20N2O3/c1-9-7-10(5-6-15-9)14(18)16-12-4-3-11(19-2)8-13(12)17/h3-4,8-10,15,17H,5-7H2,1-2H3,(H,16,18). The minimum absolute atomic E-state index is 0.00208. The molecular weight excluding hydrogens is 244 g/mol. The lowest BCUT2D eigenvalue weighted by Crippen LogP contribution is -2.40. The highest BCUT2D eigenvalue weighted by molar-refractivity contribution is 5.94. The summed E-state index contributed by atoms with van der Waals surface area (Å²) >= 11 is 0. The van der Waals surface area contributed by atoms with Crippen LogP contribution in [0.25, 0.3) is 0 Å². The molecule has 1 aliphatic heterocycles. The van der Waals surface area contributed by atoms with Gasteiger partial charge >= 0.3 is 0 Å². The van der Waals surface area contributed by atoms with Crippen molar-refractivity contribution in [1.29, 1.82) is 0 Å². The molecule has 2 rings (SSSR count). The fourth-order valence-corrected chi connectivity index (χ4v) is 2.35. The third kappa shape index (κ3) is 3.38. The average molecular weight is 264 g/mol. The second-order valence-corrected chi connectivity index (χ2v) is 4.95. The van der Waals surface area contributed by atoms with E-state index in [2.05, 4.69) is 17.6 Å². The zero-order chi connectivity index (χ0) is 13.8. The second-order valence-electron chi connectivity index (χ2n) is 4.95. The molecule has 0 radical (unpaired) electrons. The lowest BCUT2D eigenvalue weighted by atomic mass is 9.92. The molecule has 1 saturated heterocycles. The Bertz CT molecular complexity index is 462. The van der Waals surface area contributed by atoms with E-state index >= 15 is 0 Å². The molecule has 104 valence electrons. The summed E-state index contributed by atoms with van der Waals surface area (Å²) in [7, 11) is 1.53. The van der Waals surface area contributed by atoms with Crippen LogP contribution in [0.4, 0.5) is 5.69 Å². The maximum atomic E-state index is 12.1. The van der Waals surface area contributed by atoms with Crippen molar-refractivity contribution in [2.75, 3.05) is 19.0 Å². The van der Waals surface area contributed by atoms with Crippen molar-refractivity contribution in [1.82, 2.24) is 5.32 Å². The van der Waals surface area contributed by atoms with E-state index in [0.29, 0.717) is 17.5 Å². The molecule has 0 saturated carbocycles. The van der Waals surface area contributed by atoms with Gasteiger partial charge in [0.2, 0.25) is 5.91 Å². The van der Waals surface area contributed by atoms with Gasteiger partial charge in [0, 0.05) is 18.0 Å². The molecular formula is C14H20N2O3. The van der Waals surface area contributed by atoms with Crippen LogP contribution in [0.3, 0.4) is 0 Å². The van der Waals surface area contributed by atoms with Crippen molar-refractivity contribution >= 4 is 11.6 Å². The van der Waals surface area contributed by atoms with E-state index in [1.54, 1.807) is 12.1 Å². The first-order valence-electron chi connectivity index (χ1n) is 6.51. The number of carbonyl (C=O) groups is 1. The number of amides is 1. The molecule has 1 aromatic rings. The number of rotatable bonds is 3. The van der Waals surface area contributed by atoms with Gasteiger partial charge in [-0.15, -0.1) is 0 Å². The minimum atomic E-state index is -0.0335. The molecule has 0 spiro atoms. The summed E-state index contributed by atoms with van der Waals surface area (Å²) in [5.41, 5.74) is 0.428. The fourth-order valence-electron chi connectivity index (χ4n) is 2.35. The molecule has 5 heteroatoms. The minimum Gasteiger partial charge on any atom is -0.506 e. The quantitative estimate of drug-likeness (QED) is 0.727. The predicted octanol–water partition coefficient (Wildman–Crippen LogP) is 1.73. The summed E-state index contributed by atoms with van der Waals surface area (Å²) in [5.74, 6) is 0.548. The van der Waals surface area contributed by atoms with Crippen LogP contribution in [0.15, 0.2) is 18.2 Å². The number of phenolic OH excluding ortho intramolecular Hbond substituents is 1. The van der Waals surface area contributed by atoms with Crippen molar-refractivity contribution in [3.05, 3.63) is 18.2 Å². The second kappa shape index (κ2) is 5.93. The lowest BCUT2D eigenvalue weighted by Gasteiger charge is -2.27. The molecule has 3 N–H and O–H groups in total. The third-order valence-electron chi connectivity index (χ3n) is 3.46. The fraction of sp³-hybridized carbons (Fsp3) is 0.500. The molecule has 1 fully saturated rings. The van der Waals surface area contributed by atoms with Gasteiger partial charge in [0.25, 0.3) is 0 Å². The van der Waals surface area contributed by atoms with E-state index in [9.17, 15) is 9.90 Å². The molecule has 19 heavy (non-hydrogen) atoms. The summed E-state index contributed by atoms with van der Waals surface area (Å²) in [6, 6.07) is 5.20. The number of hydrogen-bond donors (Lipinski definition) is 3. The van der Waals surface area contributed by atoms with Gasteiger partial charge < -0.3 is 20.5 Å². The first kappa shape index (κ1) is 13.7. The maximum absolute atomic E-state index is 12.1. The molecule has 1 amide bonds. The Morgan fingerprint density at radius 1 is 1.53 bits per heavy atom. The molecule has 1 aliphatic rings. The van der Waals surface area contributed by atoms with E-state index in [-0.39, 0.29) is 17.6 Å². The highest BCUT2D eigenvalue weighted by atomic mass is 16.5. The predicted molar refractivity (Wildman–Crippen MR) is 73.5 cm³/mol. The van der Waals surface area contributed by atoms with Gasteiger partial charge in [-0.25, -0.2) is 0 Å². The summed E-state index contributed by atoms with van der Waals surface area (Å²) in [6.07, 6.45) is 1.65. The number of nitrogens with one attached hydrogen (secondary N) is 2. The molecule has 0 bridgehead atoms. The number of piperidine rings is 1. The first-order chi connectivity index (χ1) is 9.10. The van der Waals surface area contributed by atoms with Crippen LogP contribution in [0.1, 0.15) is 19.8 Å². The van der Waals surface area contributed by atoms with E-state index in [1.165, 1.54) is 13.2 Å². The van der Waals surface area contributed by atoms with E-state index in [1.807, 2.05) is 0 Å². The molecule has 1 heterocycles. The van der Waals surface area contributed by atoms with Crippen LogP contribution in [-0.4, -0.2) is 30.7 Å². The van der Waals surface area contributed by atoms with Crippen LogP contribution < -0.4 is 15.4 Å². The zero-order valence-electron chi connectivity index (χ0n) is 11.3. The summed E-state index contributed by atoms with van der Waals surface area (Å²) in [6.45, 7) is 2.93. The van der Waals surface area contributed by atoms with Crippen LogP contribution >= 0.6 is 0 Å². The number of methoxy groups -OCH3 is 1. The number of anilines is 1. The summed E-state index contributed by atoms with van der Waals surface area (Å²) in [4.78, 5) is 12.1. The molecule has 0 aliphatic carbocycles. The lowest BCUT2D eigenvalue weighted by molar-refractivity contribution is -0.120. The third-order valence-corrected chi connectivity index (χ3v) is 3.46. The first-order valence-corrected chi connectivity index (χ1v) is 6.51. The van der Waals surface area contributed by atoms with Gasteiger partial charge in [0.05, 0.1) is 12.8 Å². The molecule has 0 aromatic heterocycles. The topological polar surface area (TPSA) is 70.6 Å². The van der Waals surface area contributed by atoms with Crippen LogP contribution in [-0.2, 0) is 4.79 Å². The molecule has 2 atom stereocenters. The number of carbonyl (C=O) groups excluding carboxylic acids is 1. The van der Waals surface area contributed by atoms with Crippen molar-refractivity contribution in [2.45, 2.75) is 25.8 Å². The van der Waals surface area contributed by atoms with Crippen molar-refractivity contribution in [3.8, 4) is 11.5 Å². The Morgan fingerprint density at radius 3 is 2.95 bits per heavy atom. The van der Waals surface area contributed by atoms with E-state index < -0.39 is 0 Å². The number of ether oxygens (including phenoxy) is 1. The average Bonchev–Trinajstić information content (AvgIpc) is 2.41. The smallest absolute Gasteiger partial charge is 0.227 e. The highest BCUT2D eigenvalue weighted by Crippen LogP contribution is 2.29. The Morgan fingerprint density at radius 2 is 2.32 bits per heavy atom. The van der Waals surface area contributed by atoms with Crippen LogP contribution in [0.2, 0.25) is 0 Å². The summed E-state index contributed by atoms with van der Waals surface area (Å²) < 4.78 is 5.00. The number of hydrogen-bond acceptors (Lipinski definition) is 4. The monoisotopic (exact) mass is 264 g/mol. The Balaban J connectivity index is 2.02. The van der Waals surface area contributed by atoms with Crippen molar-refractivity contribution in [2.24, 2.45) is 5.92 Å². The van der Waals surface area contributed by atoms with Gasteiger partial charge in [-0.3, -0.25) is 4.79 Å². The number of aromatic hydroxyl groups is 1. The maximum Gasteiger partial charge on any atom is 0.227 e. The Hall–Kier alpha value is -1.75. The van der Waals surface area contributed by atoms with Crippen LogP contribution in [0, 0.1) is 5.92 Å². The number of phenols is 1. The molecule has 5 nitrogen and oxygen atoms in total. The van der Waals surface area contributed by atoms with E-state index in [0.717, 1.165) is 19.4 Å². The molecule has 2 unspecified atom stereocenters. The molecule has 1 aromatic carbocycles.